The fraction of sp³-hybridized carbons (Fsp3) is 0.158. The van der Waals surface area contributed by atoms with Crippen LogP contribution in [0.4, 0.5) is 0 Å². The maximum atomic E-state index is 13.7. The Morgan fingerprint density at radius 2 is 1.25 bits per heavy atom. The summed E-state index contributed by atoms with van der Waals surface area (Å²) in [6, 6.07) is 38.0. The molecule has 0 spiro atoms. The predicted octanol–water partition coefficient (Wildman–Crippen LogP) is 7.71. The normalized spacial score (nSPS) is 10.9. The molecular weight excluding hydrogens is 542 g/mol. The standard InChI is InChI=1S/C38H31N5O/c1-2-3-12-36-41-37-35(43(36)26-28-15-19-30(20-16-28)34-11-7-5-9-32(34)24-40)21-22-42(38(37)44)25-27-13-17-29(18-14-27)33-10-6-4-8-31(33)23-39/h4-11,13-22H,2-3,12,25-26H2,1H3. The van der Waals surface area contributed by atoms with Crippen molar-refractivity contribution in [3.63, 3.8) is 0 Å². The minimum Gasteiger partial charge on any atom is -0.323 e. The van der Waals surface area contributed by atoms with Gasteiger partial charge < -0.3 is 9.13 Å². The number of imidazole rings is 1. The molecule has 0 aliphatic carbocycles. The topological polar surface area (TPSA) is 87.4 Å². The molecule has 6 nitrogen and oxygen atoms in total. The summed E-state index contributed by atoms with van der Waals surface area (Å²) < 4.78 is 3.87. The zero-order valence-corrected chi connectivity index (χ0v) is 24.6. The van der Waals surface area contributed by atoms with Gasteiger partial charge in [0, 0.05) is 19.2 Å². The van der Waals surface area contributed by atoms with E-state index in [4.69, 9.17) is 4.98 Å². The third kappa shape index (κ3) is 5.67. The van der Waals surface area contributed by atoms with Gasteiger partial charge in [0.2, 0.25) is 0 Å². The monoisotopic (exact) mass is 573 g/mol. The van der Waals surface area contributed by atoms with Gasteiger partial charge in [-0.15, -0.1) is 0 Å². The van der Waals surface area contributed by atoms with Crippen molar-refractivity contribution in [1.82, 2.24) is 14.1 Å². The number of unbranched alkanes of at least 4 members (excludes halogenated alkanes) is 1. The second-order valence-electron chi connectivity index (χ2n) is 10.9. The zero-order valence-electron chi connectivity index (χ0n) is 24.6. The molecule has 0 saturated heterocycles. The highest BCUT2D eigenvalue weighted by atomic mass is 16.1. The molecule has 6 aromatic rings. The zero-order chi connectivity index (χ0) is 30.5. The van der Waals surface area contributed by atoms with Gasteiger partial charge >= 0.3 is 0 Å². The Kier molecular flexibility index (Phi) is 8.17. The SMILES string of the molecule is CCCCc1nc2c(=O)n(Cc3ccc(-c4ccccc4C#N)cc3)ccc2n1Cc1ccc(-c2ccccc2C#N)cc1. The summed E-state index contributed by atoms with van der Waals surface area (Å²) in [5.74, 6) is 0.913. The Bertz CT molecular complexity index is 2090. The molecule has 2 aromatic heterocycles. The minimum absolute atomic E-state index is 0.110. The Hall–Kier alpha value is -5.72. The summed E-state index contributed by atoms with van der Waals surface area (Å²) in [6.45, 7) is 3.19. The smallest absolute Gasteiger partial charge is 0.278 e. The highest BCUT2D eigenvalue weighted by Crippen LogP contribution is 2.26. The first-order chi connectivity index (χ1) is 21.6. The third-order valence-electron chi connectivity index (χ3n) is 8.03. The van der Waals surface area contributed by atoms with E-state index in [1.807, 2.05) is 97.2 Å². The Labute approximate surface area is 256 Å². The van der Waals surface area contributed by atoms with Gasteiger partial charge in [0.1, 0.15) is 5.82 Å². The molecule has 0 radical (unpaired) electrons. The Morgan fingerprint density at radius 1 is 0.705 bits per heavy atom. The number of rotatable bonds is 9. The van der Waals surface area contributed by atoms with Crippen LogP contribution in [0.15, 0.2) is 114 Å². The molecule has 4 aromatic carbocycles. The summed E-state index contributed by atoms with van der Waals surface area (Å²) in [6.07, 6.45) is 4.68. The van der Waals surface area contributed by atoms with Crippen LogP contribution in [-0.2, 0) is 19.5 Å². The van der Waals surface area contributed by atoms with E-state index in [0.29, 0.717) is 29.7 Å². The number of pyridine rings is 1. The van der Waals surface area contributed by atoms with Crippen LogP contribution < -0.4 is 5.56 Å². The quantitative estimate of drug-likeness (QED) is 0.177. The van der Waals surface area contributed by atoms with Crippen LogP contribution >= 0.6 is 0 Å². The lowest BCUT2D eigenvalue weighted by Crippen LogP contribution is -2.20. The highest BCUT2D eigenvalue weighted by molar-refractivity contribution is 5.75. The molecule has 0 aliphatic heterocycles. The first kappa shape index (κ1) is 28.4. The number of aromatic nitrogens is 3. The Balaban J connectivity index is 1.28. The number of hydrogen-bond acceptors (Lipinski definition) is 4. The van der Waals surface area contributed by atoms with E-state index in [1.165, 1.54) is 0 Å². The first-order valence-electron chi connectivity index (χ1n) is 14.8. The summed E-state index contributed by atoms with van der Waals surface area (Å²) in [5.41, 5.74) is 8.37. The molecule has 214 valence electrons. The van der Waals surface area contributed by atoms with Crippen LogP contribution in [0.2, 0.25) is 0 Å². The Morgan fingerprint density at radius 3 is 1.80 bits per heavy atom. The first-order valence-corrected chi connectivity index (χ1v) is 14.8. The van der Waals surface area contributed by atoms with Gasteiger partial charge in [0.15, 0.2) is 5.52 Å². The summed E-state index contributed by atoms with van der Waals surface area (Å²) in [4.78, 5) is 18.6. The number of nitriles is 2. The molecule has 2 heterocycles. The second kappa shape index (κ2) is 12.7. The highest BCUT2D eigenvalue weighted by Gasteiger charge is 2.16. The molecule has 0 bridgehead atoms. The molecule has 0 unspecified atom stereocenters. The van der Waals surface area contributed by atoms with E-state index in [0.717, 1.165) is 64.0 Å². The largest absolute Gasteiger partial charge is 0.323 e. The average molecular weight is 574 g/mol. The summed E-state index contributed by atoms with van der Waals surface area (Å²) in [7, 11) is 0. The van der Waals surface area contributed by atoms with Crippen LogP contribution in [0, 0.1) is 22.7 Å². The number of aryl methyl sites for hydroxylation is 1. The van der Waals surface area contributed by atoms with Gasteiger partial charge in [-0.3, -0.25) is 4.79 Å². The fourth-order valence-electron chi connectivity index (χ4n) is 5.65. The summed E-state index contributed by atoms with van der Waals surface area (Å²) >= 11 is 0. The average Bonchev–Trinajstić information content (AvgIpc) is 3.43. The van der Waals surface area contributed by atoms with E-state index in [2.05, 4.69) is 35.8 Å². The molecule has 44 heavy (non-hydrogen) atoms. The van der Waals surface area contributed by atoms with Gasteiger partial charge in [-0.05, 0) is 58.0 Å². The molecule has 0 saturated carbocycles. The minimum atomic E-state index is -0.110. The van der Waals surface area contributed by atoms with Crippen LogP contribution in [0.1, 0.15) is 47.8 Å². The maximum absolute atomic E-state index is 13.7. The molecule has 0 atom stereocenters. The van der Waals surface area contributed by atoms with Crippen LogP contribution in [0.3, 0.4) is 0 Å². The van der Waals surface area contributed by atoms with Crippen molar-refractivity contribution in [1.29, 1.82) is 10.5 Å². The number of benzene rings is 4. The van der Waals surface area contributed by atoms with Crippen LogP contribution in [-0.4, -0.2) is 14.1 Å². The molecular formula is C38H31N5O. The summed E-state index contributed by atoms with van der Waals surface area (Å²) in [5, 5.41) is 19.0. The molecule has 0 N–H and O–H groups in total. The molecule has 0 fully saturated rings. The van der Waals surface area contributed by atoms with E-state index in [9.17, 15) is 15.3 Å². The van der Waals surface area contributed by atoms with E-state index >= 15 is 0 Å². The van der Waals surface area contributed by atoms with Crippen molar-refractivity contribution in [3.8, 4) is 34.4 Å². The molecule has 6 rings (SSSR count). The lowest BCUT2D eigenvalue weighted by molar-refractivity contribution is 0.690. The van der Waals surface area contributed by atoms with Crippen molar-refractivity contribution in [2.24, 2.45) is 0 Å². The van der Waals surface area contributed by atoms with Crippen molar-refractivity contribution >= 4 is 11.0 Å². The predicted molar refractivity (Wildman–Crippen MR) is 174 cm³/mol. The van der Waals surface area contributed by atoms with Gasteiger partial charge in [0.25, 0.3) is 5.56 Å². The van der Waals surface area contributed by atoms with Gasteiger partial charge in [-0.25, -0.2) is 4.98 Å². The van der Waals surface area contributed by atoms with Gasteiger partial charge in [-0.2, -0.15) is 10.5 Å². The maximum Gasteiger partial charge on any atom is 0.278 e. The van der Waals surface area contributed by atoms with E-state index in [-0.39, 0.29) is 5.56 Å². The van der Waals surface area contributed by atoms with Crippen LogP contribution in [0.5, 0.6) is 0 Å². The lowest BCUT2D eigenvalue weighted by atomic mass is 9.99. The fourth-order valence-corrected chi connectivity index (χ4v) is 5.65. The van der Waals surface area contributed by atoms with E-state index < -0.39 is 0 Å². The number of nitrogens with zero attached hydrogens (tertiary/aromatic N) is 5. The van der Waals surface area contributed by atoms with Crippen molar-refractivity contribution in [2.45, 2.75) is 39.3 Å². The van der Waals surface area contributed by atoms with Crippen molar-refractivity contribution < 1.29 is 0 Å². The molecule has 6 heteroatoms. The van der Waals surface area contributed by atoms with E-state index in [1.54, 1.807) is 4.57 Å². The lowest BCUT2D eigenvalue weighted by Gasteiger charge is -2.11. The third-order valence-corrected chi connectivity index (χ3v) is 8.03. The van der Waals surface area contributed by atoms with Crippen molar-refractivity contribution in [2.75, 3.05) is 0 Å². The van der Waals surface area contributed by atoms with Crippen molar-refractivity contribution in [3.05, 3.63) is 148 Å². The number of hydrogen-bond donors (Lipinski definition) is 0. The van der Waals surface area contributed by atoms with Gasteiger partial charge in [-0.1, -0.05) is 98.3 Å². The number of fused-ring (bicyclic) bond motifs is 1. The molecule has 0 amide bonds. The van der Waals surface area contributed by atoms with Gasteiger partial charge in [0.05, 0.1) is 35.3 Å². The molecule has 0 aliphatic rings. The second-order valence-corrected chi connectivity index (χ2v) is 10.9. The van der Waals surface area contributed by atoms with Crippen LogP contribution in [0.25, 0.3) is 33.3 Å².